The second-order valence-electron chi connectivity index (χ2n) is 10.9. The average molecular weight is 491 g/mol. The number of nitrogens with zero attached hydrogens (tertiary/aromatic N) is 4. The number of hydrogen-bond donors (Lipinski definition) is 0. The van der Waals surface area contributed by atoms with Crippen LogP contribution in [0.1, 0.15) is 61.0 Å². The molecule has 6 heteroatoms. The Morgan fingerprint density at radius 3 is 2.36 bits per heavy atom. The predicted octanol–water partition coefficient (Wildman–Crippen LogP) is 4.95. The minimum atomic E-state index is 0.0537. The van der Waals surface area contributed by atoms with Crippen LogP contribution in [-0.4, -0.2) is 67.9 Å². The minimum Gasteiger partial charge on any atom is -0.371 e. The Bertz CT molecular complexity index is 1060. The first-order chi connectivity index (χ1) is 17.3. The number of carbonyl (C=O) groups is 2. The number of rotatable bonds is 4. The van der Waals surface area contributed by atoms with E-state index in [4.69, 9.17) is 0 Å². The molecule has 0 radical (unpaired) electrons. The highest BCUT2D eigenvalue weighted by atomic mass is 16.2. The summed E-state index contributed by atoms with van der Waals surface area (Å²) >= 11 is 0. The largest absolute Gasteiger partial charge is 0.371 e. The zero-order chi connectivity index (χ0) is 25.7. The maximum Gasteiger partial charge on any atom is 0.254 e. The molecule has 2 amide bonds. The van der Waals surface area contributed by atoms with Crippen LogP contribution in [0.4, 0.5) is 11.4 Å². The van der Waals surface area contributed by atoms with Gasteiger partial charge < -0.3 is 19.6 Å². The highest BCUT2D eigenvalue weighted by molar-refractivity contribution is 5.96. The van der Waals surface area contributed by atoms with Crippen molar-refractivity contribution in [1.82, 2.24) is 9.80 Å². The number of likely N-dealkylation sites (N-methyl/N-ethyl adjacent to an activating group) is 1. The van der Waals surface area contributed by atoms with Crippen molar-refractivity contribution in [3.63, 3.8) is 0 Å². The Labute approximate surface area is 216 Å². The van der Waals surface area contributed by atoms with E-state index in [1.54, 1.807) is 0 Å². The van der Waals surface area contributed by atoms with Gasteiger partial charge in [-0.1, -0.05) is 38.1 Å². The first-order valence-corrected chi connectivity index (χ1v) is 13.5. The molecule has 194 valence electrons. The van der Waals surface area contributed by atoms with E-state index in [1.807, 2.05) is 34.1 Å². The summed E-state index contributed by atoms with van der Waals surface area (Å²) in [5, 5.41) is 0. The van der Waals surface area contributed by atoms with Crippen LogP contribution in [0.5, 0.6) is 0 Å². The average Bonchev–Trinajstić information content (AvgIpc) is 3.38. The molecule has 0 atom stereocenters. The van der Waals surface area contributed by atoms with Crippen molar-refractivity contribution in [2.45, 2.75) is 53.0 Å². The zero-order valence-corrected chi connectivity index (χ0v) is 22.5. The summed E-state index contributed by atoms with van der Waals surface area (Å²) in [6.07, 6.45) is 3.84. The molecule has 36 heavy (non-hydrogen) atoms. The van der Waals surface area contributed by atoms with E-state index >= 15 is 0 Å². The molecule has 0 spiro atoms. The van der Waals surface area contributed by atoms with Crippen LogP contribution in [-0.2, 0) is 11.3 Å². The first-order valence-electron chi connectivity index (χ1n) is 13.5. The molecule has 1 fully saturated rings. The molecule has 0 aromatic heterocycles. The molecule has 2 heterocycles. The number of hydrogen-bond acceptors (Lipinski definition) is 4. The third-order valence-electron chi connectivity index (χ3n) is 7.39. The molecule has 1 saturated heterocycles. The van der Waals surface area contributed by atoms with Gasteiger partial charge in [-0.25, -0.2) is 0 Å². The van der Waals surface area contributed by atoms with Crippen LogP contribution in [0, 0.1) is 12.8 Å². The van der Waals surface area contributed by atoms with E-state index in [0.29, 0.717) is 32.0 Å². The maximum absolute atomic E-state index is 13.9. The quantitative estimate of drug-likeness (QED) is 0.608. The summed E-state index contributed by atoms with van der Waals surface area (Å²) in [5.41, 5.74) is 5.10. The molecular formula is C30H42N4O2. The third-order valence-corrected chi connectivity index (χ3v) is 7.39. The molecule has 2 aliphatic rings. The molecule has 0 bridgehead atoms. The Hall–Kier alpha value is -2.86. The van der Waals surface area contributed by atoms with Gasteiger partial charge in [0.2, 0.25) is 5.91 Å². The molecule has 0 unspecified atom stereocenters. The zero-order valence-electron chi connectivity index (χ0n) is 22.5. The molecule has 2 aromatic carbocycles. The maximum atomic E-state index is 13.9. The second-order valence-corrected chi connectivity index (χ2v) is 10.9. The van der Waals surface area contributed by atoms with Crippen molar-refractivity contribution in [1.29, 1.82) is 0 Å². The van der Waals surface area contributed by atoms with Gasteiger partial charge in [0.15, 0.2) is 0 Å². The van der Waals surface area contributed by atoms with Gasteiger partial charge in [-0.3, -0.25) is 9.59 Å². The molecule has 0 aliphatic carbocycles. The van der Waals surface area contributed by atoms with Gasteiger partial charge in [-0.15, -0.1) is 0 Å². The number of amides is 2. The molecule has 2 aromatic rings. The van der Waals surface area contributed by atoms with Crippen molar-refractivity contribution >= 4 is 23.2 Å². The Balaban J connectivity index is 1.66. The summed E-state index contributed by atoms with van der Waals surface area (Å²) in [6.45, 7) is 11.9. The van der Waals surface area contributed by atoms with E-state index in [1.165, 1.54) is 24.1 Å². The number of para-hydroxylation sites is 1. The van der Waals surface area contributed by atoms with Crippen molar-refractivity contribution < 1.29 is 9.59 Å². The summed E-state index contributed by atoms with van der Waals surface area (Å²) in [5.74, 6) is 0.513. The topological polar surface area (TPSA) is 47.1 Å². The van der Waals surface area contributed by atoms with Crippen LogP contribution in [0.25, 0.3) is 0 Å². The summed E-state index contributed by atoms with van der Waals surface area (Å²) in [4.78, 5) is 35.8. The molecule has 0 N–H and O–H groups in total. The Morgan fingerprint density at radius 1 is 0.861 bits per heavy atom. The fourth-order valence-corrected chi connectivity index (χ4v) is 5.33. The number of fused-ring (bicyclic) bond motifs is 1. The van der Waals surface area contributed by atoms with E-state index in [0.717, 1.165) is 49.4 Å². The van der Waals surface area contributed by atoms with E-state index < -0.39 is 0 Å². The monoisotopic (exact) mass is 490 g/mol. The lowest BCUT2D eigenvalue weighted by atomic mass is 10.1. The Morgan fingerprint density at radius 2 is 1.61 bits per heavy atom. The number of benzene rings is 2. The standard InChI is InChI=1S/C30H42N4O2/c1-23(2)20-29(35)34-17-9-14-31(4)18-19-33(22-26-10-5-6-11-27(26)34)30(36)25-13-12-24(3)28(21-25)32-15-7-8-16-32/h5-6,10-13,21,23H,7-9,14-20,22H2,1-4H3. The van der Waals surface area contributed by atoms with Crippen LogP contribution < -0.4 is 9.80 Å². The van der Waals surface area contributed by atoms with E-state index in [2.05, 4.69) is 55.8 Å². The van der Waals surface area contributed by atoms with Gasteiger partial charge >= 0.3 is 0 Å². The van der Waals surface area contributed by atoms with Crippen molar-refractivity contribution in [2.24, 2.45) is 5.92 Å². The molecule has 0 saturated carbocycles. The molecule has 4 rings (SSSR count). The SMILES string of the molecule is Cc1ccc(C(=O)N2CCN(C)CCCN(C(=O)CC(C)C)c3ccccc3C2)cc1N1CCCC1. The lowest BCUT2D eigenvalue weighted by Crippen LogP contribution is -2.37. The van der Waals surface area contributed by atoms with Crippen molar-refractivity contribution in [2.75, 3.05) is 56.1 Å². The van der Waals surface area contributed by atoms with Gasteiger partial charge in [-0.2, -0.15) is 0 Å². The van der Waals surface area contributed by atoms with Gasteiger partial charge in [0.1, 0.15) is 0 Å². The van der Waals surface area contributed by atoms with Crippen molar-refractivity contribution in [3.05, 3.63) is 59.2 Å². The molecule has 6 nitrogen and oxygen atoms in total. The highest BCUT2D eigenvalue weighted by Gasteiger charge is 2.25. The summed E-state index contributed by atoms with van der Waals surface area (Å²) in [6, 6.07) is 14.2. The van der Waals surface area contributed by atoms with Crippen LogP contribution >= 0.6 is 0 Å². The van der Waals surface area contributed by atoms with E-state index in [-0.39, 0.29) is 11.8 Å². The minimum absolute atomic E-state index is 0.0537. The predicted molar refractivity (Wildman–Crippen MR) is 148 cm³/mol. The second kappa shape index (κ2) is 11.9. The number of carbonyl (C=O) groups excluding carboxylic acids is 2. The molecule has 2 aliphatic heterocycles. The van der Waals surface area contributed by atoms with Gasteiger partial charge in [0.25, 0.3) is 5.91 Å². The van der Waals surface area contributed by atoms with Gasteiger partial charge in [0, 0.05) is 62.6 Å². The van der Waals surface area contributed by atoms with Crippen LogP contribution in [0.15, 0.2) is 42.5 Å². The smallest absolute Gasteiger partial charge is 0.254 e. The summed E-state index contributed by atoms with van der Waals surface area (Å²) in [7, 11) is 2.10. The van der Waals surface area contributed by atoms with E-state index in [9.17, 15) is 9.59 Å². The van der Waals surface area contributed by atoms with Gasteiger partial charge in [0.05, 0.1) is 0 Å². The normalized spacial score (nSPS) is 17.8. The third kappa shape index (κ3) is 6.28. The van der Waals surface area contributed by atoms with Gasteiger partial charge in [-0.05, 0) is 75.0 Å². The molecular weight excluding hydrogens is 448 g/mol. The Kier molecular flexibility index (Phi) is 8.68. The fraction of sp³-hybridized carbons (Fsp3) is 0.533. The lowest BCUT2D eigenvalue weighted by Gasteiger charge is -2.29. The van der Waals surface area contributed by atoms with Crippen molar-refractivity contribution in [3.8, 4) is 0 Å². The summed E-state index contributed by atoms with van der Waals surface area (Å²) < 4.78 is 0. The number of aryl methyl sites for hydroxylation is 1. The van der Waals surface area contributed by atoms with Crippen LogP contribution in [0.2, 0.25) is 0 Å². The first kappa shape index (κ1) is 26.2. The van der Waals surface area contributed by atoms with Crippen LogP contribution in [0.3, 0.4) is 0 Å². The fourth-order valence-electron chi connectivity index (χ4n) is 5.33. The number of anilines is 2. The lowest BCUT2D eigenvalue weighted by molar-refractivity contribution is -0.119. The highest BCUT2D eigenvalue weighted by Crippen LogP contribution is 2.28.